The molecule has 0 heterocycles. The molecule has 0 fully saturated rings. The molecule has 0 saturated heterocycles. The van der Waals surface area contributed by atoms with Gasteiger partial charge in [0.05, 0.1) is 0 Å². The lowest BCUT2D eigenvalue weighted by atomic mass is 9.89. The van der Waals surface area contributed by atoms with Crippen molar-refractivity contribution in [3.05, 3.63) is 34.9 Å². The summed E-state index contributed by atoms with van der Waals surface area (Å²) in [6.45, 7) is 3.94. The average Bonchev–Trinajstić information content (AvgIpc) is 2.35. The van der Waals surface area contributed by atoms with E-state index in [9.17, 15) is 0 Å². The van der Waals surface area contributed by atoms with Crippen LogP contribution in [0.15, 0.2) is 29.4 Å². The van der Waals surface area contributed by atoms with Crippen molar-refractivity contribution in [3.8, 4) is 0 Å². The smallest absolute Gasteiger partial charge is 0.144 e. The highest BCUT2D eigenvalue weighted by atomic mass is 35.5. The van der Waals surface area contributed by atoms with Crippen molar-refractivity contribution in [1.29, 1.82) is 0 Å². The number of amidine groups is 1. The van der Waals surface area contributed by atoms with Gasteiger partial charge in [0.2, 0.25) is 0 Å². The Morgan fingerprint density at radius 2 is 2.11 bits per heavy atom. The molecule has 1 rings (SSSR count). The van der Waals surface area contributed by atoms with Crippen LogP contribution in [0.1, 0.15) is 25.8 Å². The van der Waals surface area contributed by atoms with Crippen LogP contribution in [-0.4, -0.2) is 16.8 Å². The summed E-state index contributed by atoms with van der Waals surface area (Å²) in [5.74, 6) is 2.10. The molecule has 100 valence electrons. The maximum absolute atomic E-state index is 8.68. The Morgan fingerprint density at radius 1 is 1.44 bits per heavy atom. The van der Waals surface area contributed by atoms with E-state index in [1.807, 2.05) is 38.1 Å². The highest BCUT2D eigenvalue weighted by molar-refractivity contribution is 7.98. The van der Waals surface area contributed by atoms with Gasteiger partial charge in [-0.3, -0.25) is 0 Å². The maximum Gasteiger partial charge on any atom is 0.144 e. The highest BCUT2D eigenvalue weighted by Crippen LogP contribution is 2.26. The number of rotatable bonds is 6. The van der Waals surface area contributed by atoms with E-state index in [-0.39, 0.29) is 11.3 Å². The van der Waals surface area contributed by atoms with E-state index in [1.165, 1.54) is 0 Å². The summed E-state index contributed by atoms with van der Waals surface area (Å²) >= 11 is 7.88. The van der Waals surface area contributed by atoms with Gasteiger partial charge in [0.1, 0.15) is 5.84 Å². The zero-order valence-corrected chi connectivity index (χ0v) is 12.3. The molecule has 0 amide bonds. The molecule has 0 aliphatic rings. The van der Waals surface area contributed by atoms with Gasteiger partial charge in [-0.15, -0.1) is 0 Å². The molecule has 5 heteroatoms. The number of hydrogen-bond donors (Lipinski definition) is 2. The topological polar surface area (TPSA) is 58.6 Å². The second kappa shape index (κ2) is 6.90. The lowest BCUT2D eigenvalue weighted by Crippen LogP contribution is -2.32. The van der Waals surface area contributed by atoms with E-state index in [0.29, 0.717) is 0 Å². The molecule has 3 nitrogen and oxygen atoms in total. The summed E-state index contributed by atoms with van der Waals surface area (Å²) in [5, 5.41) is 12.6. The summed E-state index contributed by atoms with van der Waals surface area (Å²) in [4.78, 5) is 0. The van der Waals surface area contributed by atoms with Crippen molar-refractivity contribution in [1.82, 2.24) is 0 Å². The molecule has 18 heavy (non-hydrogen) atoms. The van der Waals surface area contributed by atoms with Crippen LogP contribution in [0.5, 0.6) is 0 Å². The molecule has 3 N–H and O–H groups in total. The van der Waals surface area contributed by atoms with Crippen LogP contribution in [0.25, 0.3) is 0 Å². The van der Waals surface area contributed by atoms with Crippen LogP contribution < -0.4 is 5.73 Å². The summed E-state index contributed by atoms with van der Waals surface area (Å²) in [7, 11) is 0. The minimum Gasteiger partial charge on any atom is -0.409 e. The molecular formula is C13H19ClN2OS. The van der Waals surface area contributed by atoms with Gasteiger partial charge in [0.25, 0.3) is 0 Å². The van der Waals surface area contributed by atoms with Gasteiger partial charge in [-0.25, -0.2) is 0 Å². The van der Waals surface area contributed by atoms with Crippen LogP contribution in [0, 0.1) is 5.41 Å². The first-order valence-electron chi connectivity index (χ1n) is 5.76. The number of oxime groups is 1. The number of thioether (sulfide) groups is 1. The van der Waals surface area contributed by atoms with Crippen LogP contribution in [0.2, 0.25) is 5.02 Å². The standard InChI is InChI=1S/C13H19ClN2OS/c1-13(2,12(15)16-17)7-8-18-9-10-5-3-4-6-11(10)14/h3-6,17H,7-9H2,1-2H3,(H2,15,16). The monoisotopic (exact) mass is 286 g/mol. The quantitative estimate of drug-likeness (QED) is 0.275. The fraction of sp³-hybridized carbons (Fsp3) is 0.462. The Labute approximate surface area is 117 Å². The van der Waals surface area contributed by atoms with Crippen molar-refractivity contribution in [2.24, 2.45) is 16.3 Å². The first-order valence-corrected chi connectivity index (χ1v) is 7.30. The number of nitrogens with two attached hydrogens (primary N) is 1. The Kier molecular flexibility index (Phi) is 5.82. The van der Waals surface area contributed by atoms with Crippen LogP contribution >= 0.6 is 23.4 Å². The Morgan fingerprint density at radius 3 is 2.72 bits per heavy atom. The van der Waals surface area contributed by atoms with Crippen molar-refractivity contribution in [3.63, 3.8) is 0 Å². The molecule has 0 saturated carbocycles. The largest absolute Gasteiger partial charge is 0.409 e. The van der Waals surface area contributed by atoms with E-state index in [1.54, 1.807) is 11.8 Å². The minimum atomic E-state index is -0.276. The molecule has 0 radical (unpaired) electrons. The highest BCUT2D eigenvalue weighted by Gasteiger charge is 2.22. The van der Waals surface area contributed by atoms with Crippen molar-refractivity contribution >= 4 is 29.2 Å². The SMILES string of the molecule is CC(C)(CCSCc1ccccc1Cl)/C(N)=N/O. The van der Waals surface area contributed by atoms with Crippen molar-refractivity contribution in [2.45, 2.75) is 26.0 Å². The van der Waals surface area contributed by atoms with Gasteiger partial charge in [0.15, 0.2) is 0 Å². The summed E-state index contributed by atoms with van der Waals surface area (Å²) < 4.78 is 0. The van der Waals surface area contributed by atoms with Crippen molar-refractivity contribution < 1.29 is 5.21 Å². The van der Waals surface area contributed by atoms with Crippen LogP contribution in [0.3, 0.4) is 0 Å². The molecular weight excluding hydrogens is 268 g/mol. The zero-order chi connectivity index (χ0) is 13.6. The Hall–Kier alpha value is -0.870. The van der Waals surface area contributed by atoms with E-state index >= 15 is 0 Å². The second-order valence-corrected chi connectivity index (χ2v) is 6.28. The van der Waals surface area contributed by atoms with Gasteiger partial charge >= 0.3 is 0 Å². The van der Waals surface area contributed by atoms with E-state index < -0.39 is 0 Å². The molecule has 0 atom stereocenters. The molecule has 0 spiro atoms. The maximum atomic E-state index is 8.68. The zero-order valence-electron chi connectivity index (χ0n) is 10.7. The number of halogens is 1. The summed E-state index contributed by atoms with van der Waals surface area (Å²) in [6.07, 6.45) is 0.859. The predicted octanol–water partition coefficient (Wildman–Crippen LogP) is 3.74. The van der Waals surface area contributed by atoms with Crippen LogP contribution in [-0.2, 0) is 5.75 Å². The van der Waals surface area contributed by atoms with Gasteiger partial charge in [0, 0.05) is 16.2 Å². The van der Waals surface area contributed by atoms with Gasteiger partial charge in [-0.1, -0.05) is 48.8 Å². The number of nitrogens with zero attached hydrogens (tertiary/aromatic N) is 1. The van der Waals surface area contributed by atoms with E-state index in [4.69, 9.17) is 22.5 Å². The molecule has 0 aromatic heterocycles. The first-order chi connectivity index (χ1) is 8.47. The van der Waals surface area contributed by atoms with Crippen molar-refractivity contribution in [2.75, 3.05) is 5.75 Å². The fourth-order valence-electron chi connectivity index (χ4n) is 1.39. The molecule has 0 aliphatic carbocycles. The van der Waals surface area contributed by atoms with E-state index in [0.717, 1.165) is 28.5 Å². The molecule has 0 bridgehead atoms. The lowest BCUT2D eigenvalue weighted by molar-refractivity contribution is 0.307. The molecule has 1 aromatic rings. The number of hydrogen-bond acceptors (Lipinski definition) is 3. The van der Waals surface area contributed by atoms with E-state index in [2.05, 4.69) is 5.16 Å². The molecule has 0 aliphatic heterocycles. The first kappa shape index (κ1) is 15.2. The average molecular weight is 287 g/mol. The van der Waals surface area contributed by atoms with Gasteiger partial charge < -0.3 is 10.9 Å². The van der Waals surface area contributed by atoms with Gasteiger partial charge in [-0.05, 0) is 23.8 Å². The fourth-order valence-corrected chi connectivity index (χ4v) is 2.94. The molecule has 1 aromatic carbocycles. The third kappa shape index (κ3) is 4.42. The second-order valence-electron chi connectivity index (χ2n) is 4.76. The number of benzene rings is 1. The Bertz CT molecular complexity index is 421. The summed E-state index contributed by atoms with van der Waals surface area (Å²) in [5.41, 5.74) is 6.51. The van der Waals surface area contributed by atoms with Crippen LogP contribution in [0.4, 0.5) is 0 Å². The third-order valence-electron chi connectivity index (χ3n) is 2.89. The minimum absolute atomic E-state index is 0.276. The van der Waals surface area contributed by atoms with Gasteiger partial charge in [-0.2, -0.15) is 11.8 Å². The molecule has 0 unspecified atom stereocenters. The predicted molar refractivity (Wildman–Crippen MR) is 79.4 cm³/mol. The summed E-state index contributed by atoms with van der Waals surface area (Å²) in [6, 6.07) is 7.85. The lowest BCUT2D eigenvalue weighted by Gasteiger charge is -2.22. The Balaban J connectivity index is 2.38. The third-order valence-corrected chi connectivity index (χ3v) is 4.26. The normalized spacial score (nSPS) is 12.7.